The summed E-state index contributed by atoms with van der Waals surface area (Å²) >= 11 is 12.5. The van der Waals surface area contributed by atoms with E-state index in [-0.39, 0.29) is 5.95 Å². The summed E-state index contributed by atoms with van der Waals surface area (Å²) in [6.45, 7) is 0. The van der Waals surface area contributed by atoms with Gasteiger partial charge in [0.25, 0.3) is 0 Å². The van der Waals surface area contributed by atoms with Crippen LogP contribution in [0.3, 0.4) is 0 Å². The summed E-state index contributed by atoms with van der Waals surface area (Å²) in [5.74, 6) is 0.514. The van der Waals surface area contributed by atoms with E-state index in [1.807, 2.05) is 41.1 Å². The molecule has 4 aromatic rings. The van der Waals surface area contributed by atoms with Crippen LogP contribution in [0.1, 0.15) is 0 Å². The van der Waals surface area contributed by atoms with Crippen LogP contribution in [0.2, 0.25) is 10.0 Å². The van der Waals surface area contributed by atoms with Gasteiger partial charge in [0.15, 0.2) is 0 Å². The third-order valence-electron chi connectivity index (χ3n) is 3.77. The van der Waals surface area contributed by atoms with Crippen LogP contribution in [0, 0.1) is 0 Å². The van der Waals surface area contributed by atoms with Crippen LogP contribution in [-0.4, -0.2) is 14.5 Å². The Hall–Kier alpha value is -2.50. The summed E-state index contributed by atoms with van der Waals surface area (Å²) in [6.07, 6.45) is 1.91. The number of rotatable bonds is 1. The summed E-state index contributed by atoms with van der Waals surface area (Å²) in [5.41, 5.74) is 14.1. The molecule has 0 aliphatic rings. The molecule has 0 unspecified atom stereocenters. The highest BCUT2D eigenvalue weighted by Crippen LogP contribution is 2.34. The molecule has 23 heavy (non-hydrogen) atoms. The number of nitrogens with zero attached hydrogens (tertiary/aromatic N) is 3. The van der Waals surface area contributed by atoms with Crippen molar-refractivity contribution >= 4 is 56.8 Å². The average molecular weight is 344 g/mol. The maximum Gasteiger partial charge on any atom is 0.222 e. The number of benzene rings is 2. The van der Waals surface area contributed by atoms with Gasteiger partial charge in [-0.15, -0.1) is 0 Å². The molecule has 0 saturated carbocycles. The van der Waals surface area contributed by atoms with Crippen molar-refractivity contribution in [1.82, 2.24) is 14.5 Å². The van der Waals surface area contributed by atoms with E-state index in [1.165, 1.54) is 0 Å². The molecule has 114 valence electrons. The first kappa shape index (κ1) is 14.1. The monoisotopic (exact) mass is 343 g/mol. The molecule has 0 aliphatic heterocycles. The third kappa shape index (κ3) is 2.09. The molecule has 2 heterocycles. The molecule has 7 heteroatoms. The lowest BCUT2D eigenvalue weighted by atomic mass is 10.1. The van der Waals surface area contributed by atoms with Gasteiger partial charge in [0, 0.05) is 11.6 Å². The lowest BCUT2D eigenvalue weighted by Crippen LogP contribution is -2.01. The van der Waals surface area contributed by atoms with Gasteiger partial charge in [-0.05, 0) is 30.3 Å². The van der Waals surface area contributed by atoms with Crippen LogP contribution in [0.4, 0.5) is 11.8 Å². The zero-order valence-corrected chi connectivity index (χ0v) is 13.3. The molecule has 0 atom stereocenters. The molecule has 0 spiro atoms. The Morgan fingerprint density at radius 3 is 2.61 bits per heavy atom. The molecule has 4 rings (SSSR count). The second-order valence-corrected chi connectivity index (χ2v) is 5.90. The molecule has 2 aromatic carbocycles. The lowest BCUT2D eigenvalue weighted by molar-refractivity contribution is 1.13. The maximum atomic E-state index is 6.34. The standard InChI is InChI=1S/C16H11Cl2N5/c17-9-2-1-3-12(14(9)18)23-7-6-8-11(23)5-4-10-13(8)15(19)22-16(20)21-10/h1-7H,(H4,19,20,21,22). The Kier molecular flexibility index (Phi) is 3.07. The van der Waals surface area contributed by atoms with Crippen LogP contribution >= 0.6 is 23.2 Å². The number of halogens is 2. The molecule has 0 bridgehead atoms. The van der Waals surface area contributed by atoms with E-state index >= 15 is 0 Å². The van der Waals surface area contributed by atoms with E-state index in [4.69, 9.17) is 34.7 Å². The smallest absolute Gasteiger partial charge is 0.222 e. The Labute approximate surface area is 141 Å². The highest BCUT2D eigenvalue weighted by atomic mass is 35.5. The first-order valence-corrected chi connectivity index (χ1v) is 7.59. The van der Waals surface area contributed by atoms with Gasteiger partial charge < -0.3 is 16.0 Å². The van der Waals surface area contributed by atoms with Crippen molar-refractivity contribution < 1.29 is 0 Å². The fourth-order valence-corrected chi connectivity index (χ4v) is 3.17. The van der Waals surface area contributed by atoms with E-state index in [2.05, 4.69) is 9.97 Å². The molecule has 0 saturated heterocycles. The first-order valence-electron chi connectivity index (χ1n) is 6.83. The fraction of sp³-hybridized carbons (Fsp3) is 0. The average Bonchev–Trinajstić information content (AvgIpc) is 2.93. The summed E-state index contributed by atoms with van der Waals surface area (Å²) in [6, 6.07) is 11.3. The number of fused-ring (bicyclic) bond motifs is 3. The minimum Gasteiger partial charge on any atom is -0.383 e. The van der Waals surface area contributed by atoms with Crippen LogP contribution in [0.15, 0.2) is 42.6 Å². The van der Waals surface area contributed by atoms with Gasteiger partial charge in [-0.3, -0.25) is 0 Å². The molecule has 2 aromatic heterocycles. The number of hydrogen-bond donors (Lipinski definition) is 2. The Bertz CT molecular complexity index is 1070. The van der Waals surface area contributed by atoms with Crippen molar-refractivity contribution in [2.75, 3.05) is 11.5 Å². The highest BCUT2D eigenvalue weighted by molar-refractivity contribution is 6.43. The second-order valence-electron chi connectivity index (χ2n) is 5.12. The zero-order chi connectivity index (χ0) is 16.1. The molecular formula is C16H11Cl2N5. The van der Waals surface area contributed by atoms with Gasteiger partial charge in [-0.25, -0.2) is 4.98 Å². The van der Waals surface area contributed by atoms with E-state index in [9.17, 15) is 0 Å². The Morgan fingerprint density at radius 2 is 1.78 bits per heavy atom. The Morgan fingerprint density at radius 1 is 0.957 bits per heavy atom. The van der Waals surface area contributed by atoms with Crippen molar-refractivity contribution in [3.8, 4) is 5.69 Å². The second kappa shape index (κ2) is 5.01. The maximum absolute atomic E-state index is 6.34. The number of anilines is 2. The SMILES string of the molecule is Nc1nc(N)c2c(ccc3c2ccn3-c2cccc(Cl)c2Cl)n1. The van der Waals surface area contributed by atoms with Crippen LogP contribution in [0.5, 0.6) is 0 Å². The highest BCUT2D eigenvalue weighted by Gasteiger charge is 2.13. The van der Waals surface area contributed by atoms with E-state index < -0.39 is 0 Å². The van der Waals surface area contributed by atoms with Gasteiger partial charge in [0.1, 0.15) is 5.82 Å². The predicted molar refractivity (Wildman–Crippen MR) is 95.2 cm³/mol. The molecule has 4 N–H and O–H groups in total. The quantitative estimate of drug-likeness (QED) is 0.546. The summed E-state index contributed by atoms with van der Waals surface area (Å²) in [5, 5.41) is 2.69. The molecule has 0 radical (unpaired) electrons. The predicted octanol–water partition coefficient (Wildman–Crippen LogP) is 4.04. The molecule has 5 nitrogen and oxygen atoms in total. The van der Waals surface area contributed by atoms with Crippen molar-refractivity contribution in [2.45, 2.75) is 0 Å². The molecular weight excluding hydrogens is 333 g/mol. The fourth-order valence-electron chi connectivity index (χ4n) is 2.78. The number of aromatic nitrogens is 3. The van der Waals surface area contributed by atoms with Crippen molar-refractivity contribution in [3.63, 3.8) is 0 Å². The van der Waals surface area contributed by atoms with Crippen molar-refractivity contribution in [3.05, 3.63) is 52.6 Å². The number of nitrogens with two attached hydrogens (primary N) is 2. The normalized spacial score (nSPS) is 11.4. The third-order valence-corrected chi connectivity index (χ3v) is 4.58. The first-order chi connectivity index (χ1) is 11.1. The van der Waals surface area contributed by atoms with E-state index in [0.717, 1.165) is 22.0 Å². The number of hydrogen-bond acceptors (Lipinski definition) is 4. The topological polar surface area (TPSA) is 82.7 Å². The zero-order valence-electron chi connectivity index (χ0n) is 11.8. The van der Waals surface area contributed by atoms with Gasteiger partial charge >= 0.3 is 0 Å². The molecule has 0 aliphatic carbocycles. The summed E-state index contributed by atoms with van der Waals surface area (Å²) < 4.78 is 1.96. The largest absolute Gasteiger partial charge is 0.383 e. The van der Waals surface area contributed by atoms with Gasteiger partial charge in [-0.1, -0.05) is 29.3 Å². The van der Waals surface area contributed by atoms with Gasteiger partial charge in [0.05, 0.1) is 32.2 Å². The van der Waals surface area contributed by atoms with Gasteiger partial charge in [-0.2, -0.15) is 4.98 Å². The minimum atomic E-state index is 0.159. The van der Waals surface area contributed by atoms with Crippen LogP contribution in [-0.2, 0) is 0 Å². The number of nitrogen functional groups attached to an aromatic ring is 2. The van der Waals surface area contributed by atoms with E-state index in [1.54, 1.807) is 6.07 Å². The van der Waals surface area contributed by atoms with Crippen LogP contribution in [0.25, 0.3) is 27.5 Å². The summed E-state index contributed by atoms with van der Waals surface area (Å²) in [4.78, 5) is 8.28. The molecule has 0 amide bonds. The van der Waals surface area contributed by atoms with Crippen LogP contribution < -0.4 is 11.5 Å². The minimum absolute atomic E-state index is 0.159. The molecule has 0 fully saturated rings. The van der Waals surface area contributed by atoms with Crippen molar-refractivity contribution in [2.24, 2.45) is 0 Å². The Balaban J connectivity index is 2.08. The van der Waals surface area contributed by atoms with Gasteiger partial charge in [0.2, 0.25) is 5.95 Å². The summed E-state index contributed by atoms with van der Waals surface area (Å²) in [7, 11) is 0. The van der Waals surface area contributed by atoms with Crippen molar-refractivity contribution in [1.29, 1.82) is 0 Å². The van der Waals surface area contributed by atoms with E-state index in [0.29, 0.717) is 21.4 Å². The lowest BCUT2D eigenvalue weighted by Gasteiger charge is -2.10.